The number of hydrogen-bond donors (Lipinski definition) is 0. The van der Waals surface area contributed by atoms with E-state index < -0.39 is 0 Å². The molecule has 1 saturated carbocycles. The molecule has 0 aromatic carbocycles. The van der Waals surface area contributed by atoms with Gasteiger partial charge in [-0.3, -0.25) is 4.79 Å². The first kappa shape index (κ1) is 15.1. The van der Waals surface area contributed by atoms with E-state index in [2.05, 4.69) is 18.7 Å². The van der Waals surface area contributed by atoms with Gasteiger partial charge in [-0.2, -0.15) is 0 Å². The van der Waals surface area contributed by atoms with Gasteiger partial charge in [0.05, 0.1) is 0 Å². The first-order valence-corrected chi connectivity index (χ1v) is 8.97. The summed E-state index contributed by atoms with van der Waals surface area (Å²) in [6.07, 6.45) is 12.3. The molecule has 1 unspecified atom stereocenters. The van der Waals surface area contributed by atoms with Crippen LogP contribution in [0, 0.1) is 11.3 Å². The number of nitrogens with zero attached hydrogens (tertiary/aromatic N) is 1. The molecule has 0 saturated heterocycles. The first-order chi connectivity index (χ1) is 9.99. The summed E-state index contributed by atoms with van der Waals surface area (Å²) in [5.74, 6) is 0.682. The summed E-state index contributed by atoms with van der Waals surface area (Å²) in [6.45, 7) is 4.77. The molecule has 0 aromatic heterocycles. The van der Waals surface area contributed by atoms with Crippen LogP contribution in [0.1, 0.15) is 78.1 Å². The fraction of sp³-hybridized carbons (Fsp3) is 0.842. The molecule has 0 N–H and O–H groups in total. The van der Waals surface area contributed by atoms with Gasteiger partial charge in [0, 0.05) is 19.0 Å². The van der Waals surface area contributed by atoms with Crippen molar-refractivity contribution in [2.45, 2.75) is 84.1 Å². The van der Waals surface area contributed by atoms with Crippen LogP contribution >= 0.6 is 0 Å². The maximum Gasteiger partial charge on any atom is 0.226 e. The molecule has 21 heavy (non-hydrogen) atoms. The van der Waals surface area contributed by atoms with E-state index in [-0.39, 0.29) is 5.92 Å². The first-order valence-electron chi connectivity index (χ1n) is 8.97. The lowest BCUT2D eigenvalue weighted by atomic mass is 9.65. The van der Waals surface area contributed by atoms with Crippen LogP contribution in [0.15, 0.2) is 11.1 Å². The SMILES string of the molecule is CN(C(=O)C1CCC2=C(C1)C(C)(C)CCC2)C1CCCC1. The van der Waals surface area contributed by atoms with E-state index >= 15 is 0 Å². The third kappa shape index (κ3) is 2.91. The number of amides is 1. The Morgan fingerprint density at radius 3 is 2.52 bits per heavy atom. The van der Waals surface area contributed by atoms with Crippen LogP contribution in [0.5, 0.6) is 0 Å². The molecular weight excluding hydrogens is 258 g/mol. The average Bonchev–Trinajstić information content (AvgIpc) is 2.99. The highest BCUT2D eigenvalue weighted by atomic mass is 16.2. The smallest absolute Gasteiger partial charge is 0.226 e. The van der Waals surface area contributed by atoms with Crippen molar-refractivity contribution in [1.82, 2.24) is 4.90 Å². The fourth-order valence-electron chi connectivity index (χ4n) is 4.89. The Labute approximate surface area is 130 Å². The second-order valence-corrected chi connectivity index (χ2v) is 8.15. The van der Waals surface area contributed by atoms with Gasteiger partial charge in [0.1, 0.15) is 0 Å². The summed E-state index contributed by atoms with van der Waals surface area (Å²) in [5, 5.41) is 0. The lowest BCUT2D eigenvalue weighted by Crippen LogP contribution is -2.41. The lowest BCUT2D eigenvalue weighted by Gasteiger charge is -2.41. The number of hydrogen-bond acceptors (Lipinski definition) is 1. The highest BCUT2D eigenvalue weighted by Gasteiger charge is 2.37. The summed E-state index contributed by atoms with van der Waals surface area (Å²) in [4.78, 5) is 15.0. The number of allylic oxidation sites excluding steroid dienone is 2. The Kier molecular flexibility index (Phi) is 4.16. The summed E-state index contributed by atoms with van der Waals surface area (Å²) in [7, 11) is 2.05. The van der Waals surface area contributed by atoms with Crippen LogP contribution in [0.3, 0.4) is 0 Å². The summed E-state index contributed by atoms with van der Waals surface area (Å²) < 4.78 is 0. The van der Waals surface area contributed by atoms with Gasteiger partial charge in [-0.1, -0.05) is 37.8 Å². The Morgan fingerprint density at radius 2 is 1.81 bits per heavy atom. The summed E-state index contributed by atoms with van der Waals surface area (Å²) >= 11 is 0. The maximum absolute atomic E-state index is 12.9. The van der Waals surface area contributed by atoms with Crippen LogP contribution < -0.4 is 0 Å². The molecule has 3 aliphatic rings. The molecule has 118 valence electrons. The van der Waals surface area contributed by atoms with Crippen molar-refractivity contribution >= 4 is 5.91 Å². The fourth-order valence-corrected chi connectivity index (χ4v) is 4.89. The molecule has 3 aliphatic carbocycles. The maximum atomic E-state index is 12.9. The number of rotatable bonds is 2. The van der Waals surface area contributed by atoms with Gasteiger partial charge < -0.3 is 4.90 Å². The van der Waals surface area contributed by atoms with Gasteiger partial charge in [0.2, 0.25) is 5.91 Å². The number of carbonyl (C=O) groups excluding carboxylic acids is 1. The van der Waals surface area contributed by atoms with E-state index in [4.69, 9.17) is 0 Å². The summed E-state index contributed by atoms with van der Waals surface area (Å²) in [5.41, 5.74) is 3.66. The molecule has 0 heterocycles. The van der Waals surface area contributed by atoms with Crippen molar-refractivity contribution in [2.24, 2.45) is 11.3 Å². The third-order valence-electron chi connectivity index (χ3n) is 6.34. The minimum Gasteiger partial charge on any atom is -0.343 e. The average molecular weight is 289 g/mol. The molecule has 1 atom stereocenters. The molecule has 0 radical (unpaired) electrons. The molecule has 0 aliphatic heterocycles. The van der Waals surface area contributed by atoms with Crippen molar-refractivity contribution in [3.63, 3.8) is 0 Å². The van der Waals surface area contributed by atoms with Crippen LogP contribution in [0.25, 0.3) is 0 Å². The standard InChI is InChI=1S/C19H31NO/c1-19(2)12-6-7-14-10-11-15(13-17(14)19)18(21)20(3)16-8-4-5-9-16/h15-16H,4-13H2,1-3H3. The molecule has 1 fully saturated rings. The van der Waals surface area contributed by atoms with Crippen LogP contribution in [-0.4, -0.2) is 23.9 Å². The van der Waals surface area contributed by atoms with Gasteiger partial charge in [0.25, 0.3) is 0 Å². The Balaban J connectivity index is 1.71. The highest BCUT2D eigenvalue weighted by molar-refractivity contribution is 5.79. The molecule has 1 amide bonds. The zero-order valence-electron chi connectivity index (χ0n) is 14.1. The van der Waals surface area contributed by atoms with Gasteiger partial charge in [0.15, 0.2) is 0 Å². The lowest BCUT2D eigenvalue weighted by molar-refractivity contribution is -0.136. The normalized spacial score (nSPS) is 29.4. The van der Waals surface area contributed by atoms with Crippen LogP contribution in [0.4, 0.5) is 0 Å². The van der Waals surface area contributed by atoms with Gasteiger partial charge >= 0.3 is 0 Å². The predicted octanol–water partition coefficient (Wildman–Crippen LogP) is 4.69. The molecule has 2 heteroatoms. The molecule has 2 nitrogen and oxygen atoms in total. The Hall–Kier alpha value is -0.790. The largest absolute Gasteiger partial charge is 0.343 e. The van der Waals surface area contributed by atoms with E-state index in [1.54, 1.807) is 11.1 Å². The van der Waals surface area contributed by atoms with Crippen molar-refractivity contribution in [3.8, 4) is 0 Å². The highest BCUT2D eigenvalue weighted by Crippen LogP contribution is 2.48. The van der Waals surface area contributed by atoms with Crippen LogP contribution in [-0.2, 0) is 4.79 Å². The topological polar surface area (TPSA) is 20.3 Å². The molecule has 0 spiro atoms. The quantitative estimate of drug-likeness (QED) is 0.675. The Bertz CT molecular complexity index is 442. The minimum atomic E-state index is 0.256. The van der Waals surface area contributed by atoms with E-state index in [9.17, 15) is 4.79 Å². The summed E-state index contributed by atoms with van der Waals surface area (Å²) in [6, 6.07) is 0.521. The second kappa shape index (κ2) is 5.78. The minimum absolute atomic E-state index is 0.256. The second-order valence-electron chi connectivity index (χ2n) is 8.15. The van der Waals surface area contributed by atoms with Crippen molar-refractivity contribution in [2.75, 3.05) is 7.05 Å². The van der Waals surface area contributed by atoms with Gasteiger partial charge in [-0.25, -0.2) is 0 Å². The van der Waals surface area contributed by atoms with Gasteiger partial charge in [-0.15, -0.1) is 0 Å². The molecule has 0 bridgehead atoms. The van der Waals surface area contributed by atoms with Crippen molar-refractivity contribution in [1.29, 1.82) is 0 Å². The zero-order chi connectivity index (χ0) is 15.0. The molecule has 0 aromatic rings. The van der Waals surface area contributed by atoms with E-state index in [1.165, 1.54) is 51.4 Å². The van der Waals surface area contributed by atoms with Gasteiger partial charge in [-0.05, 0) is 56.8 Å². The zero-order valence-corrected chi connectivity index (χ0v) is 14.1. The van der Waals surface area contributed by atoms with E-state index in [0.29, 0.717) is 17.4 Å². The molecule has 3 rings (SSSR count). The van der Waals surface area contributed by atoms with Crippen LogP contribution in [0.2, 0.25) is 0 Å². The Morgan fingerprint density at radius 1 is 1.10 bits per heavy atom. The van der Waals surface area contributed by atoms with Crippen molar-refractivity contribution in [3.05, 3.63) is 11.1 Å². The van der Waals surface area contributed by atoms with Crippen molar-refractivity contribution < 1.29 is 4.79 Å². The number of carbonyl (C=O) groups is 1. The van der Waals surface area contributed by atoms with E-state index in [1.807, 2.05) is 7.05 Å². The molecular formula is C19H31NO. The monoisotopic (exact) mass is 289 g/mol. The predicted molar refractivity (Wildman–Crippen MR) is 87.0 cm³/mol. The van der Waals surface area contributed by atoms with E-state index in [0.717, 1.165) is 12.8 Å². The third-order valence-corrected chi connectivity index (χ3v) is 6.34.